The van der Waals surface area contributed by atoms with E-state index in [2.05, 4.69) is 5.32 Å². The lowest BCUT2D eigenvalue weighted by Gasteiger charge is -2.32. The van der Waals surface area contributed by atoms with E-state index in [0.717, 1.165) is 48.2 Å². The fourth-order valence-corrected chi connectivity index (χ4v) is 2.93. The van der Waals surface area contributed by atoms with Gasteiger partial charge in [0.2, 0.25) is 5.91 Å². The number of hydrogen-bond acceptors (Lipinski definition) is 3. The third kappa shape index (κ3) is 2.80. The topological polar surface area (TPSA) is 64.3 Å². The number of carbonyl (C=O) groups is 1. The molecule has 1 fully saturated rings. The maximum Gasteiger partial charge on any atom is 0.244 e. The van der Waals surface area contributed by atoms with E-state index >= 15 is 0 Å². The first kappa shape index (κ1) is 14.9. The Morgan fingerprint density at radius 1 is 1.25 bits per heavy atom. The molecule has 1 aromatic rings. The molecule has 1 aliphatic rings. The van der Waals surface area contributed by atoms with Crippen molar-refractivity contribution >= 4 is 11.6 Å². The molecule has 0 heterocycles. The largest absolute Gasteiger partial charge is 0.496 e. The minimum Gasteiger partial charge on any atom is -0.496 e. The molecule has 0 atom stereocenters. The molecule has 0 saturated heterocycles. The van der Waals surface area contributed by atoms with Crippen molar-refractivity contribution in [2.45, 2.75) is 51.5 Å². The Kier molecular flexibility index (Phi) is 4.33. The molecule has 1 aliphatic carbocycles. The minimum absolute atomic E-state index is 0.0776. The molecule has 0 bridgehead atoms. The number of ether oxygens (including phenoxy) is 1. The summed E-state index contributed by atoms with van der Waals surface area (Å²) in [6.07, 6.45) is 4.76. The molecule has 0 unspecified atom stereocenters. The van der Waals surface area contributed by atoms with Crippen LogP contribution in [-0.4, -0.2) is 18.6 Å². The van der Waals surface area contributed by atoms with Gasteiger partial charge in [-0.05, 0) is 38.3 Å². The first-order valence-electron chi connectivity index (χ1n) is 7.22. The van der Waals surface area contributed by atoms with E-state index in [1.165, 1.54) is 6.42 Å². The maximum absolute atomic E-state index is 12.4. The van der Waals surface area contributed by atoms with E-state index in [1.54, 1.807) is 7.11 Å². The summed E-state index contributed by atoms with van der Waals surface area (Å²) in [5.41, 5.74) is 8.33. The Morgan fingerprint density at radius 3 is 2.50 bits per heavy atom. The lowest BCUT2D eigenvalue weighted by molar-refractivity contribution is -0.122. The predicted molar refractivity (Wildman–Crippen MR) is 81.1 cm³/mol. The average molecular weight is 276 g/mol. The van der Waals surface area contributed by atoms with Crippen LogP contribution in [0.1, 0.15) is 43.2 Å². The van der Waals surface area contributed by atoms with Gasteiger partial charge in [0.05, 0.1) is 12.6 Å². The van der Waals surface area contributed by atoms with Gasteiger partial charge in [0.15, 0.2) is 0 Å². The number of rotatable bonds is 3. The van der Waals surface area contributed by atoms with Crippen LogP contribution in [0.3, 0.4) is 0 Å². The number of methoxy groups -OCH3 is 1. The lowest BCUT2D eigenvalue weighted by atomic mass is 9.82. The molecule has 2 rings (SSSR count). The smallest absolute Gasteiger partial charge is 0.244 e. The van der Waals surface area contributed by atoms with Crippen LogP contribution in [0.5, 0.6) is 5.75 Å². The fourth-order valence-electron chi connectivity index (χ4n) is 2.93. The number of nitrogens with two attached hydrogens (primary N) is 1. The Balaban J connectivity index is 2.19. The molecule has 1 aromatic carbocycles. The van der Waals surface area contributed by atoms with E-state index in [9.17, 15) is 4.79 Å². The van der Waals surface area contributed by atoms with Crippen molar-refractivity contribution in [2.24, 2.45) is 5.73 Å². The van der Waals surface area contributed by atoms with Crippen molar-refractivity contribution in [3.05, 3.63) is 23.3 Å². The number of carbonyl (C=O) groups excluding carboxylic acids is 1. The highest BCUT2D eigenvalue weighted by molar-refractivity contribution is 5.98. The standard InChI is InChI=1S/C16H24N2O2/c1-11-7-8-13(12(2)14(11)20-3)18-15(19)16(17)9-5-4-6-10-16/h7-8H,4-6,9-10,17H2,1-3H3,(H,18,19). The maximum atomic E-state index is 12.4. The van der Waals surface area contributed by atoms with Crippen molar-refractivity contribution in [2.75, 3.05) is 12.4 Å². The Morgan fingerprint density at radius 2 is 1.90 bits per heavy atom. The third-order valence-corrected chi connectivity index (χ3v) is 4.25. The first-order chi connectivity index (χ1) is 9.48. The van der Waals surface area contributed by atoms with Crippen LogP contribution < -0.4 is 15.8 Å². The molecular formula is C16H24N2O2. The zero-order valence-electron chi connectivity index (χ0n) is 12.6. The van der Waals surface area contributed by atoms with Crippen LogP contribution in [0.15, 0.2) is 12.1 Å². The van der Waals surface area contributed by atoms with Crippen LogP contribution in [-0.2, 0) is 4.79 Å². The van der Waals surface area contributed by atoms with E-state index in [1.807, 2.05) is 26.0 Å². The molecule has 20 heavy (non-hydrogen) atoms. The van der Waals surface area contributed by atoms with E-state index in [0.29, 0.717) is 0 Å². The fraction of sp³-hybridized carbons (Fsp3) is 0.562. The van der Waals surface area contributed by atoms with E-state index < -0.39 is 5.54 Å². The molecule has 110 valence electrons. The van der Waals surface area contributed by atoms with Gasteiger partial charge in [0.1, 0.15) is 5.75 Å². The summed E-state index contributed by atoms with van der Waals surface area (Å²) >= 11 is 0. The summed E-state index contributed by atoms with van der Waals surface area (Å²) in [4.78, 5) is 12.4. The van der Waals surface area contributed by atoms with Crippen molar-refractivity contribution in [1.29, 1.82) is 0 Å². The number of benzene rings is 1. The van der Waals surface area contributed by atoms with Crippen LogP contribution in [0.2, 0.25) is 0 Å². The summed E-state index contributed by atoms with van der Waals surface area (Å²) in [5.74, 6) is 0.740. The highest BCUT2D eigenvalue weighted by Crippen LogP contribution is 2.31. The summed E-state index contributed by atoms with van der Waals surface area (Å²) < 4.78 is 5.39. The van der Waals surface area contributed by atoms with Crippen molar-refractivity contribution in [3.8, 4) is 5.75 Å². The predicted octanol–water partition coefficient (Wildman–Crippen LogP) is 2.91. The summed E-state index contributed by atoms with van der Waals surface area (Å²) in [6.45, 7) is 3.94. The average Bonchev–Trinajstić information content (AvgIpc) is 2.43. The van der Waals surface area contributed by atoms with Gasteiger partial charge in [-0.25, -0.2) is 0 Å². The lowest BCUT2D eigenvalue weighted by Crippen LogP contribution is -2.52. The van der Waals surface area contributed by atoms with Gasteiger partial charge in [0, 0.05) is 11.3 Å². The Bertz CT molecular complexity index is 505. The highest BCUT2D eigenvalue weighted by Gasteiger charge is 2.35. The normalized spacial score (nSPS) is 17.6. The van der Waals surface area contributed by atoms with Crippen molar-refractivity contribution in [3.63, 3.8) is 0 Å². The van der Waals surface area contributed by atoms with Crippen molar-refractivity contribution < 1.29 is 9.53 Å². The molecule has 4 nitrogen and oxygen atoms in total. The second kappa shape index (κ2) is 5.83. The molecular weight excluding hydrogens is 252 g/mol. The number of nitrogens with one attached hydrogen (secondary N) is 1. The first-order valence-corrected chi connectivity index (χ1v) is 7.22. The Labute approximate surface area is 120 Å². The monoisotopic (exact) mass is 276 g/mol. The molecule has 0 aromatic heterocycles. The van der Waals surface area contributed by atoms with Crippen molar-refractivity contribution in [1.82, 2.24) is 0 Å². The van der Waals surface area contributed by atoms with Gasteiger partial charge in [-0.1, -0.05) is 25.3 Å². The van der Waals surface area contributed by atoms with E-state index in [-0.39, 0.29) is 5.91 Å². The van der Waals surface area contributed by atoms with Crippen LogP contribution >= 0.6 is 0 Å². The highest BCUT2D eigenvalue weighted by atomic mass is 16.5. The van der Waals surface area contributed by atoms with Gasteiger partial charge >= 0.3 is 0 Å². The van der Waals surface area contributed by atoms with Gasteiger partial charge in [-0.2, -0.15) is 0 Å². The number of amides is 1. The van der Waals surface area contributed by atoms with Gasteiger partial charge < -0.3 is 15.8 Å². The van der Waals surface area contributed by atoms with Crippen LogP contribution in [0.25, 0.3) is 0 Å². The molecule has 3 N–H and O–H groups in total. The zero-order chi connectivity index (χ0) is 14.8. The zero-order valence-corrected chi connectivity index (χ0v) is 12.6. The Hall–Kier alpha value is -1.55. The van der Waals surface area contributed by atoms with Crippen LogP contribution in [0.4, 0.5) is 5.69 Å². The molecule has 0 spiro atoms. The molecule has 4 heteroatoms. The summed E-state index contributed by atoms with van der Waals surface area (Å²) in [5, 5.41) is 2.98. The second-order valence-electron chi connectivity index (χ2n) is 5.76. The number of aryl methyl sites for hydroxylation is 1. The second-order valence-corrected chi connectivity index (χ2v) is 5.76. The van der Waals surface area contributed by atoms with Gasteiger partial charge in [-0.3, -0.25) is 4.79 Å². The molecule has 0 aliphatic heterocycles. The summed E-state index contributed by atoms with van der Waals surface area (Å²) in [6, 6.07) is 3.86. The quantitative estimate of drug-likeness (QED) is 0.892. The van der Waals surface area contributed by atoms with Crippen LogP contribution in [0, 0.1) is 13.8 Å². The number of anilines is 1. The SMILES string of the molecule is COc1c(C)ccc(NC(=O)C2(N)CCCCC2)c1C. The van der Waals surface area contributed by atoms with Gasteiger partial charge in [0.25, 0.3) is 0 Å². The molecule has 0 radical (unpaired) electrons. The van der Waals surface area contributed by atoms with E-state index in [4.69, 9.17) is 10.5 Å². The number of hydrogen-bond donors (Lipinski definition) is 2. The molecule has 1 saturated carbocycles. The molecule has 1 amide bonds. The minimum atomic E-state index is -0.719. The third-order valence-electron chi connectivity index (χ3n) is 4.25. The van der Waals surface area contributed by atoms with Gasteiger partial charge in [-0.15, -0.1) is 0 Å². The summed E-state index contributed by atoms with van der Waals surface area (Å²) in [7, 11) is 1.65.